The molecule has 0 aliphatic heterocycles. The first-order chi connectivity index (χ1) is 11.4. The molecule has 0 spiro atoms. The van der Waals surface area contributed by atoms with Gasteiger partial charge < -0.3 is 5.32 Å². The van der Waals surface area contributed by atoms with Gasteiger partial charge in [-0.2, -0.15) is 18.3 Å². The third kappa shape index (κ3) is 3.67. The molecule has 9 heteroatoms. The van der Waals surface area contributed by atoms with Crippen LogP contribution in [0.5, 0.6) is 0 Å². The predicted molar refractivity (Wildman–Crippen MR) is 80.8 cm³/mol. The molecule has 3 heterocycles. The van der Waals surface area contributed by atoms with Crippen molar-refractivity contribution in [2.75, 3.05) is 5.32 Å². The molecule has 0 aromatic carbocycles. The molecular formula is C15H13F3N6. The number of rotatable bonds is 4. The summed E-state index contributed by atoms with van der Waals surface area (Å²) in [5.74, 6) is -0.0791. The highest BCUT2D eigenvalue weighted by molar-refractivity contribution is 5.57. The molecule has 6 nitrogen and oxygen atoms in total. The van der Waals surface area contributed by atoms with Crippen LogP contribution in [-0.2, 0) is 19.8 Å². The fraction of sp³-hybridized carbons (Fsp3) is 0.200. The predicted octanol–water partition coefficient (Wildman–Crippen LogP) is 2.90. The van der Waals surface area contributed by atoms with Gasteiger partial charge in [0.2, 0.25) is 5.95 Å². The summed E-state index contributed by atoms with van der Waals surface area (Å²) < 4.78 is 39.6. The van der Waals surface area contributed by atoms with Crippen LogP contribution in [0.3, 0.4) is 0 Å². The summed E-state index contributed by atoms with van der Waals surface area (Å²) in [4.78, 5) is 11.5. The van der Waals surface area contributed by atoms with Gasteiger partial charge in [-0.05, 0) is 23.8 Å². The third-order valence-electron chi connectivity index (χ3n) is 3.22. The molecule has 124 valence electrons. The Kier molecular flexibility index (Phi) is 4.15. The summed E-state index contributed by atoms with van der Waals surface area (Å²) in [5.41, 5.74) is 1.44. The van der Waals surface area contributed by atoms with Gasteiger partial charge in [-0.15, -0.1) is 0 Å². The van der Waals surface area contributed by atoms with Gasteiger partial charge in [0.1, 0.15) is 5.69 Å². The van der Waals surface area contributed by atoms with Gasteiger partial charge in [0.25, 0.3) is 0 Å². The summed E-state index contributed by atoms with van der Waals surface area (Å²) in [5, 5.41) is 6.87. The molecule has 0 bridgehead atoms. The van der Waals surface area contributed by atoms with Crippen LogP contribution < -0.4 is 5.32 Å². The number of pyridine rings is 1. The molecule has 0 aliphatic carbocycles. The van der Waals surface area contributed by atoms with Gasteiger partial charge in [0.05, 0.1) is 11.9 Å². The van der Waals surface area contributed by atoms with Gasteiger partial charge in [0, 0.05) is 37.7 Å². The van der Waals surface area contributed by atoms with Gasteiger partial charge in [-0.3, -0.25) is 9.67 Å². The zero-order valence-electron chi connectivity index (χ0n) is 12.6. The average molecular weight is 334 g/mol. The fourth-order valence-corrected chi connectivity index (χ4v) is 2.08. The van der Waals surface area contributed by atoms with Gasteiger partial charge in [-0.1, -0.05) is 0 Å². The summed E-state index contributed by atoms with van der Waals surface area (Å²) in [6.45, 7) is 0.275. The quantitative estimate of drug-likeness (QED) is 0.794. The van der Waals surface area contributed by atoms with E-state index in [9.17, 15) is 13.2 Å². The van der Waals surface area contributed by atoms with Crippen molar-refractivity contribution in [2.24, 2.45) is 7.05 Å². The molecule has 0 saturated carbocycles. The number of aromatic nitrogens is 5. The Morgan fingerprint density at radius 2 is 1.96 bits per heavy atom. The Morgan fingerprint density at radius 3 is 2.67 bits per heavy atom. The lowest BCUT2D eigenvalue weighted by molar-refractivity contribution is -0.141. The number of nitrogens with zero attached hydrogens (tertiary/aromatic N) is 5. The van der Waals surface area contributed by atoms with Gasteiger partial charge >= 0.3 is 6.18 Å². The summed E-state index contributed by atoms with van der Waals surface area (Å²) in [6, 6.07) is 4.43. The summed E-state index contributed by atoms with van der Waals surface area (Å²) in [7, 11) is 1.81. The van der Waals surface area contributed by atoms with E-state index in [1.54, 1.807) is 30.2 Å². The highest BCUT2D eigenvalue weighted by Crippen LogP contribution is 2.27. The number of alkyl halides is 3. The minimum Gasteiger partial charge on any atom is -0.350 e. The molecule has 0 unspecified atom stereocenters. The van der Waals surface area contributed by atoms with E-state index in [-0.39, 0.29) is 12.5 Å². The second-order valence-electron chi connectivity index (χ2n) is 5.07. The largest absolute Gasteiger partial charge is 0.433 e. The zero-order chi connectivity index (χ0) is 17.2. The molecule has 0 fully saturated rings. The smallest absolute Gasteiger partial charge is 0.350 e. The van der Waals surface area contributed by atoms with E-state index in [0.29, 0.717) is 0 Å². The van der Waals surface area contributed by atoms with Crippen LogP contribution in [0.15, 0.2) is 43.0 Å². The SMILES string of the molecule is Cn1cc(-c2cc(CNc3nccc(C(F)(F)F)n3)ccn2)cn1. The Balaban J connectivity index is 1.73. The zero-order valence-corrected chi connectivity index (χ0v) is 12.6. The Labute approximate surface area is 135 Å². The van der Waals surface area contributed by atoms with Crippen molar-refractivity contribution in [1.82, 2.24) is 24.7 Å². The number of aryl methyl sites for hydroxylation is 1. The van der Waals surface area contributed by atoms with Crippen molar-refractivity contribution in [3.8, 4) is 11.3 Å². The molecular weight excluding hydrogens is 321 g/mol. The minimum atomic E-state index is -4.50. The number of halogens is 3. The van der Waals surface area contributed by atoms with Crippen LogP contribution in [0.4, 0.5) is 19.1 Å². The van der Waals surface area contributed by atoms with Crippen molar-refractivity contribution in [3.63, 3.8) is 0 Å². The first-order valence-corrected chi connectivity index (χ1v) is 7.00. The first kappa shape index (κ1) is 15.9. The maximum atomic E-state index is 12.6. The highest BCUT2D eigenvalue weighted by atomic mass is 19.4. The summed E-state index contributed by atoms with van der Waals surface area (Å²) in [6.07, 6.45) is 1.73. The number of anilines is 1. The minimum absolute atomic E-state index is 0.0791. The van der Waals surface area contributed by atoms with E-state index in [0.717, 1.165) is 29.1 Å². The molecule has 1 N–H and O–H groups in total. The Bertz CT molecular complexity index is 843. The van der Waals surface area contributed by atoms with E-state index >= 15 is 0 Å². The van der Waals surface area contributed by atoms with Gasteiger partial charge in [-0.25, -0.2) is 9.97 Å². The highest BCUT2D eigenvalue weighted by Gasteiger charge is 2.32. The summed E-state index contributed by atoms with van der Waals surface area (Å²) >= 11 is 0. The molecule has 0 amide bonds. The normalized spacial score (nSPS) is 11.5. The van der Waals surface area contributed by atoms with Crippen molar-refractivity contribution in [1.29, 1.82) is 0 Å². The van der Waals surface area contributed by atoms with E-state index in [1.807, 2.05) is 12.3 Å². The monoisotopic (exact) mass is 334 g/mol. The fourth-order valence-electron chi connectivity index (χ4n) is 2.08. The number of nitrogens with one attached hydrogen (secondary N) is 1. The van der Waals surface area contributed by atoms with Crippen LogP contribution in [-0.4, -0.2) is 24.7 Å². The standard InChI is InChI=1S/C15H13F3N6/c1-24-9-11(8-22-24)12-6-10(2-4-19-12)7-21-14-20-5-3-13(23-14)15(16,17)18/h2-6,8-9H,7H2,1H3,(H,20,21,23). The molecule has 0 radical (unpaired) electrons. The Morgan fingerprint density at radius 1 is 1.17 bits per heavy atom. The maximum absolute atomic E-state index is 12.6. The van der Waals surface area contributed by atoms with Crippen molar-refractivity contribution in [3.05, 3.63) is 54.2 Å². The van der Waals surface area contributed by atoms with E-state index in [4.69, 9.17) is 0 Å². The first-order valence-electron chi connectivity index (χ1n) is 7.00. The van der Waals surface area contributed by atoms with Crippen molar-refractivity contribution >= 4 is 5.95 Å². The molecule has 0 aliphatic rings. The lowest BCUT2D eigenvalue weighted by atomic mass is 10.1. The maximum Gasteiger partial charge on any atom is 0.433 e. The lowest BCUT2D eigenvalue weighted by Crippen LogP contribution is -2.11. The second kappa shape index (κ2) is 6.26. The number of hydrogen-bond acceptors (Lipinski definition) is 5. The van der Waals surface area contributed by atoms with E-state index < -0.39 is 11.9 Å². The van der Waals surface area contributed by atoms with E-state index in [2.05, 4.69) is 25.4 Å². The third-order valence-corrected chi connectivity index (χ3v) is 3.22. The number of hydrogen-bond donors (Lipinski definition) is 1. The van der Waals surface area contributed by atoms with Crippen molar-refractivity contribution in [2.45, 2.75) is 12.7 Å². The van der Waals surface area contributed by atoms with Crippen LogP contribution in [0, 0.1) is 0 Å². The molecule has 3 rings (SSSR count). The molecule has 3 aromatic heterocycles. The van der Waals surface area contributed by atoms with Crippen molar-refractivity contribution < 1.29 is 13.2 Å². The van der Waals surface area contributed by atoms with Crippen LogP contribution in [0.2, 0.25) is 0 Å². The molecule has 3 aromatic rings. The topological polar surface area (TPSA) is 68.5 Å². The molecule has 0 saturated heterocycles. The second-order valence-corrected chi connectivity index (χ2v) is 5.07. The van der Waals surface area contributed by atoms with Crippen LogP contribution in [0.25, 0.3) is 11.3 Å². The molecule has 0 atom stereocenters. The average Bonchev–Trinajstić information content (AvgIpc) is 2.99. The molecule has 24 heavy (non-hydrogen) atoms. The van der Waals surface area contributed by atoms with Crippen LogP contribution in [0.1, 0.15) is 11.3 Å². The lowest BCUT2D eigenvalue weighted by Gasteiger charge is -2.09. The van der Waals surface area contributed by atoms with E-state index in [1.165, 1.54) is 0 Å². The van der Waals surface area contributed by atoms with Gasteiger partial charge in [0.15, 0.2) is 0 Å². The Hall–Kier alpha value is -2.97. The van der Waals surface area contributed by atoms with Crippen LogP contribution >= 0.6 is 0 Å².